The first-order valence-corrected chi connectivity index (χ1v) is 11.4. The molecule has 2 aliphatic heterocycles. The number of alkyl halides is 3. The first-order valence-electron chi connectivity index (χ1n) is 9.63. The molecule has 1 aromatic rings. The molecule has 152 valence electrons. The van der Waals surface area contributed by atoms with Crippen LogP contribution in [0.1, 0.15) is 55.8 Å². The van der Waals surface area contributed by atoms with Gasteiger partial charge in [-0.25, -0.2) is 8.42 Å². The number of aryl methyl sites for hydroxylation is 1. The zero-order chi connectivity index (χ0) is 19.4. The summed E-state index contributed by atoms with van der Waals surface area (Å²) in [6.07, 6.45) is 0.907. The number of likely N-dealkylation sites (tertiary alicyclic amines) is 1. The van der Waals surface area contributed by atoms with Crippen LogP contribution in [0.15, 0.2) is 6.07 Å². The summed E-state index contributed by atoms with van der Waals surface area (Å²) >= 11 is 0. The van der Waals surface area contributed by atoms with Crippen molar-refractivity contribution >= 4 is 9.84 Å². The second-order valence-electron chi connectivity index (χ2n) is 8.64. The molecule has 27 heavy (non-hydrogen) atoms. The highest BCUT2D eigenvalue weighted by Gasteiger charge is 2.48. The molecule has 0 amide bonds. The van der Waals surface area contributed by atoms with Crippen LogP contribution in [0.3, 0.4) is 0 Å². The molecule has 3 fully saturated rings. The van der Waals surface area contributed by atoms with E-state index in [1.54, 1.807) is 7.05 Å². The average Bonchev–Trinajstić information content (AvgIpc) is 3.25. The first kappa shape index (κ1) is 19.2. The fourth-order valence-electron chi connectivity index (χ4n) is 5.33. The Kier molecular flexibility index (Phi) is 4.61. The second-order valence-corrected chi connectivity index (χ2v) is 10.8. The summed E-state index contributed by atoms with van der Waals surface area (Å²) in [4.78, 5) is 2.43. The van der Waals surface area contributed by atoms with E-state index in [1.807, 2.05) is 0 Å². The summed E-state index contributed by atoms with van der Waals surface area (Å²) in [7, 11) is -1.30. The first-order chi connectivity index (χ1) is 12.6. The molecule has 3 heterocycles. The number of halogens is 3. The smallest absolute Gasteiger partial charge is 0.300 e. The largest absolute Gasteiger partial charge is 0.435 e. The van der Waals surface area contributed by atoms with Gasteiger partial charge in [-0.15, -0.1) is 0 Å². The van der Waals surface area contributed by atoms with Crippen molar-refractivity contribution in [3.63, 3.8) is 0 Å². The zero-order valence-electron chi connectivity index (χ0n) is 15.5. The lowest BCUT2D eigenvalue weighted by molar-refractivity contribution is -0.141. The fraction of sp³-hybridized carbons (Fsp3) is 0.833. The lowest BCUT2D eigenvalue weighted by atomic mass is 9.83. The Hall–Kier alpha value is -1.09. The van der Waals surface area contributed by atoms with Crippen LogP contribution in [0.2, 0.25) is 0 Å². The van der Waals surface area contributed by atoms with Crippen molar-refractivity contribution in [2.75, 3.05) is 24.6 Å². The van der Waals surface area contributed by atoms with Crippen molar-refractivity contribution < 1.29 is 21.6 Å². The van der Waals surface area contributed by atoms with Gasteiger partial charge in [0.2, 0.25) is 0 Å². The monoisotopic (exact) mass is 405 g/mol. The van der Waals surface area contributed by atoms with E-state index in [9.17, 15) is 21.6 Å². The van der Waals surface area contributed by atoms with Crippen molar-refractivity contribution in [1.82, 2.24) is 14.7 Å². The molecule has 0 aromatic carbocycles. The van der Waals surface area contributed by atoms with Crippen LogP contribution in [0.5, 0.6) is 0 Å². The standard InChI is InChI=1S/C18H26F3N3O2S/c1-23-15(10-16(22-23)18(19,20)21)13-2-4-14(5-3-13)24-8-6-17(11-24)7-9-27(25,26)12-17/h10,13-14H,2-9,11-12H2,1H3/t13-,14-,17?. The molecule has 1 aliphatic carbocycles. The quantitative estimate of drug-likeness (QED) is 0.759. The van der Waals surface area contributed by atoms with Crippen molar-refractivity contribution in [3.8, 4) is 0 Å². The molecule has 1 unspecified atom stereocenters. The van der Waals surface area contributed by atoms with Gasteiger partial charge >= 0.3 is 6.18 Å². The minimum absolute atomic E-state index is 0.0562. The number of sulfone groups is 1. The van der Waals surface area contributed by atoms with Crippen LogP contribution in [-0.4, -0.2) is 53.7 Å². The van der Waals surface area contributed by atoms with E-state index < -0.39 is 21.7 Å². The predicted octanol–water partition coefficient (Wildman–Crippen LogP) is 2.98. The molecule has 9 heteroatoms. The van der Waals surface area contributed by atoms with Crippen molar-refractivity contribution in [3.05, 3.63) is 17.5 Å². The molecule has 1 aromatic heterocycles. The van der Waals surface area contributed by atoms with Crippen LogP contribution in [0, 0.1) is 5.41 Å². The molecule has 2 saturated heterocycles. The third-order valence-electron chi connectivity index (χ3n) is 6.78. The number of rotatable bonds is 2. The Morgan fingerprint density at radius 3 is 2.44 bits per heavy atom. The Morgan fingerprint density at radius 2 is 1.89 bits per heavy atom. The minimum Gasteiger partial charge on any atom is -0.300 e. The van der Waals surface area contributed by atoms with Gasteiger partial charge in [0.1, 0.15) is 0 Å². The Balaban J connectivity index is 1.37. The lowest BCUT2D eigenvalue weighted by Crippen LogP contribution is -2.38. The highest BCUT2D eigenvalue weighted by atomic mass is 32.2. The molecule has 4 rings (SSSR count). The van der Waals surface area contributed by atoms with Crippen LogP contribution in [0.25, 0.3) is 0 Å². The van der Waals surface area contributed by atoms with Crippen LogP contribution >= 0.6 is 0 Å². The van der Waals surface area contributed by atoms with Gasteiger partial charge in [0.25, 0.3) is 0 Å². The summed E-state index contributed by atoms with van der Waals surface area (Å²) in [5.41, 5.74) is -0.203. The van der Waals surface area contributed by atoms with Gasteiger partial charge in [0.05, 0.1) is 11.5 Å². The van der Waals surface area contributed by atoms with Gasteiger partial charge in [-0.05, 0) is 56.6 Å². The van der Waals surface area contributed by atoms with Crippen LogP contribution < -0.4 is 0 Å². The van der Waals surface area contributed by atoms with Gasteiger partial charge < -0.3 is 0 Å². The van der Waals surface area contributed by atoms with Gasteiger partial charge in [0.15, 0.2) is 15.5 Å². The lowest BCUT2D eigenvalue weighted by Gasteiger charge is -2.35. The second kappa shape index (κ2) is 6.47. The van der Waals surface area contributed by atoms with E-state index in [0.29, 0.717) is 23.2 Å². The normalized spacial score (nSPS) is 34.5. The molecule has 5 nitrogen and oxygen atoms in total. The predicted molar refractivity (Wildman–Crippen MR) is 95.1 cm³/mol. The summed E-state index contributed by atoms with van der Waals surface area (Å²) in [6, 6.07) is 1.61. The summed E-state index contributed by atoms with van der Waals surface area (Å²) < 4.78 is 63.8. The third-order valence-corrected chi connectivity index (χ3v) is 8.65. The maximum atomic E-state index is 12.9. The topological polar surface area (TPSA) is 55.2 Å². The van der Waals surface area contributed by atoms with Gasteiger partial charge in [-0.2, -0.15) is 18.3 Å². The van der Waals surface area contributed by atoms with E-state index in [1.165, 1.54) is 10.7 Å². The average molecular weight is 405 g/mol. The SMILES string of the molecule is Cn1nc(C(F)(F)F)cc1[C@H]1CC[C@H](N2CCC3(CCS(=O)(=O)C3)C2)CC1. The molecule has 0 radical (unpaired) electrons. The number of nitrogens with zero attached hydrogens (tertiary/aromatic N) is 3. The maximum Gasteiger partial charge on any atom is 0.435 e. The van der Waals surface area contributed by atoms with Crippen LogP contribution in [0.4, 0.5) is 13.2 Å². The number of hydrogen-bond acceptors (Lipinski definition) is 4. The minimum atomic E-state index is -4.40. The fourth-order valence-corrected chi connectivity index (χ4v) is 7.53. The zero-order valence-corrected chi connectivity index (χ0v) is 16.3. The van der Waals surface area contributed by atoms with E-state index in [4.69, 9.17) is 0 Å². The number of hydrogen-bond donors (Lipinski definition) is 0. The molecule has 0 N–H and O–H groups in total. The Morgan fingerprint density at radius 1 is 1.19 bits per heavy atom. The molecular formula is C18H26F3N3O2S. The Labute approximate surface area is 157 Å². The maximum absolute atomic E-state index is 12.9. The highest BCUT2D eigenvalue weighted by molar-refractivity contribution is 7.91. The molecule has 0 bridgehead atoms. The summed E-state index contributed by atoms with van der Waals surface area (Å²) in [5.74, 6) is 0.745. The van der Waals surface area contributed by atoms with E-state index in [2.05, 4.69) is 10.00 Å². The van der Waals surface area contributed by atoms with E-state index >= 15 is 0 Å². The number of aromatic nitrogens is 2. The van der Waals surface area contributed by atoms with Gasteiger partial charge in [-0.1, -0.05) is 0 Å². The molecular weight excluding hydrogens is 379 g/mol. The molecule has 3 aliphatic rings. The summed E-state index contributed by atoms with van der Waals surface area (Å²) in [5, 5.41) is 3.64. The van der Waals surface area contributed by atoms with E-state index in [0.717, 1.165) is 51.6 Å². The Bertz CT molecular complexity index is 812. The van der Waals surface area contributed by atoms with E-state index in [-0.39, 0.29) is 11.3 Å². The third kappa shape index (κ3) is 3.77. The van der Waals surface area contributed by atoms with Crippen LogP contribution in [-0.2, 0) is 23.1 Å². The van der Waals surface area contributed by atoms with Gasteiger partial charge in [-0.3, -0.25) is 9.58 Å². The highest BCUT2D eigenvalue weighted by Crippen LogP contribution is 2.44. The molecule has 1 saturated carbocycles. The molecule has 1 atom stereocenters. The van der Waals surface area contributed by atoms with Crippen molar-refractivity contribution in [1.29, 1.82) is 0 Å². The molecule has 1 spiro atoms. The van der Waals surface area contributed by atoms with Crippen molar-refractivity contribution in [2.45, 2.75) is 56.7 Å². The summed E-state index contributed by atoms with van der Waals surface area (Å²) in [6.45, 7) is 1.79. The van der Waals surface area contributed by atoms with Crippen molar-refractivity contribution in [2.24, 2.45) is 12.5 Å². The van der Waals surface area contributed by atoms with Gasteiger partial charge in [0, 0.05) is 31.2 Å².